The topological polar surface area (TPSA) is 80.0 Å². The second kappa shape index (κ2) is 5.42. The summed E-state index contributed by atoms with van der Waals surface area (Å²) >= 11 is 6.05. The summed E-state index contributed by atoms with van der Waals surface area (Å²) in [4.78, 5) is 10.9. The molecule has 19 heavy (non-hydrogen) atoms. The van der Waals surface area contributed by atoms with E-state index in [1.54, 1.807) is 24.3 Å². The van der Waals surface area contributed by atoms with E-state index in [1.807, 2.05) is 18.2 Å². The number of halogens is 1. The molecule has 1 aromatic carbocycles. The molecule has 1 heterocycles. The largest absolute Gasteiger partial charge is 0.457 e. The SMILES string of the molecule is N#C/C(=C/c1ccc(-c2ccccc2Cl)o1)C(N)=O. The quantitative estimate of drug-likeness (QED) is 0.689. The van der Waals surface area contributed by atoms with E-state index < -0.39 is 5.91 Å². The third kappa shape index (κ3) is 2.84. The van der Waals surface area contributed by atoms with Crippen LogP contribution in [0.3, 0.4) is 0 Å². The Hall–Kier alpha value is -2.51. The van der Waals surface area contributed by atoms with Gasteiger partial charge in [-0.1, -0.05) is 23.7 Å². The van der Waals surface area contributed by atoms with Gasteiger partial charge in [0.2, 0.25) is 0 Å². The summed E-state index contributed by atoms with van der Waals surface area (Å²) in [5, 5.41) is 9.30. The third-order valence-electron chi connectivity index (χ3n) is 2.44. The fraction of sp³-hybridized carbons (Fsp3) is 0. The third-order valence-corrected chi connectivity index (χ3v) is 2.77. The van der Waals surface area contributed by atoms with Crippen molar-refractivity contribution in [3.63, 3.8) is 0 Å². The Kier molecular flexibility index (Phi) is 3.69. The zero-order valence-corrected chi connectivity index (χ0v) is 10.5. The lowest BCUT2D eigenvalue weighted by atomic mass is 10.2. The van der Waals surface area contributed by atoms with Crippen molar-refractivity contribution in [2.75, 3.05) is 0 Å². The highest BCUT2D eigenvalue weighted by Gasteiger charge is 2.09. The van der Waals surface area contributed by atoms with Crippen LogP contribution in [-0.4, -0.2) is 5.91 Å². The molecule has 0 bridgehead atoms. The summed E-state index contributed by atoms with van der Waals surface area (Å²) < 4.78 is 5.51. The average Bonchev–Trinajstić information content (AvgIpc) is 2.84. The monoisotopic (exact) mass is 272 g/mol. The van der Waals surface area contributed by atoms with E-state index in [2.05, 4.69) is 0 Å². The van der Waals surface area contributed by atoms with Crippen LogP contribution in [0.1, 0.15) is 5.76 Å². The van der Waals surface area contributed by atoms with Gasteiger partial charge in [-0.05, 0) is 24.3 Å². The van der Waals surface area contributed by atoms with Gasteiger partial charge in [-0.2, -0.15) is 5.26 Å². The fourth-order valence-corrected chi connectivity index (χ4v) is 1.77. The molecule has 0 saturated carbocycles. The highest BCUT2D eigenvalue weighted by molar-refractivity contribution is 6.33. The molecule has 2 aromatic rings. The zero-order valence-electron chi connectivity index (χ0n) is 9.76. The van der Waals surface area contributed by atoms with Crippen molar-refractivity contribution >= 4 is 23.6 Å². The first kappa shape index (κ1) is 12.9. The van der Waals surface area contributed by atoms with Crippen LogP contribution in [0, 0.1) is 11.3 Å². The maximum Gasteiger partial charge on any atom is 0.259 e. The summed E-state index contributed by atoms with van der Waals surface area (Å²) in [7, 11) is 0. The first-order valence-electron chi connectivity index (χ1n) is 5.38. The summed E-state index contributed by atoms with van der Waals surface area (Å²) in [5.74, 6) is 0.127. The molecule has 0 aliphatic rings. The number of carbonyl (C=O) groups is 1. The number of rotatable bonds is 3. The van der Waals surface area contributed by atoms with Crippen molar-refractivity contribution in [3.8, 4) is 17.4 Å². The molecule has 1 aromatic heterocycles. The molecule has 0 unspecified atom stereocenters. The van der Waals surface area contributed by atoms with E-state index in [0.717, 1.165) is 5.56 Å². The Bertz CT molecular complexity index is 695. The lowest BCUT2D eigenvalue weighted by Gasteiger charge is -1.99. The van der Waals surface area contributed by atoms with E-state index >= 15 is 0 Å². The molecule has 0 aliphatic heterocycles. The average molecular weight is 273 g/mol. The van der Waals surface area contributed by atoms with Gasteiger partial charge in [0.05, 0.1) is 5.02 Å². The highest BCUT2D eigenvalue weighted by Crippen LogP contribution is 2.29. The van der Waals surface area contributed by atoms with Gasteiger partial charge in [-0.3, -0.25) is 4.79 Å². The van der Waals surface area contributed by atoms with E-state index in [4.69, 9.17) is 27.0 Å². The minimum atomic E-state index is -0.793. The number of carbonyl (C=O) groups excluding carboxylic acids is 1. The van der Waals surface area contributed by atoms with Gasteiger partial charge in [0, 0.05) is 11.6 Å². The van der Waals surface area contributed by atoms with Crippen LogP contribution in [0.15, 0.2) is 46.4 Å². The molecular weight excluding hydrogens is 264 g/mol. The van der Waals surface area contributed by atoms with E-state index in [9.17, 15) is 4.79 Å². The van der Waals surface area contributed by atoms with Crippen molar-refractivity contribution in [2.45, 2.75) is 0 Å². The number of hydrogen-bond donors (Lipinski definition) is 1. The van der Waals surface area contributed by atoms with Gasteiger partial charge in [0.1, 0.15) is 23.2 Å². The summed E-state index contributed by atoms with van der Waals surface area (Å²) in [5.41, 5.74) is 5.62. The number of furan rings is 1. The van der Waals surface area contributed by atoms with Crippen LogP contribution in [0.4, 0.5) is 0 Å². The standard InChI is InChI=1S/C14H9ClN2O2/c15-12-4-2-1-3-11(12)13-6-5-10(19-13)7-9(8-16)14(17)18/h1-7H,(H2,17,18)/b9-7-. The van der Waals surface area contributed by atoms with Gasteiger partial charge in [-0.15, -0.1) is 0 Å². The van der Waals surface area contributed by atoms with Crippen LogP contribution in [0.2, 0.25) is 5.02 Å². The molecule has 0 saturated heterocycles. The van der Waals surface area contributed by atoms with Gasteiger partial charge in [-0.25, -0.2) is 0 Å². The predicted octanol–water partition coefficient (Wildman–Crippen LogP) is 2.99. The number of nitrogens with two attached hydrogens (primary N) is 1. The Morgan fingerprint density at radius 2 is 2.05 bits per heavy atom. The van der Waals surface area contributed by atoms with Gasteiger partial charge < -0.3 is 10.2 Å². The van der Waals surface area contributed by atoms with Gasteiger partial charge in [0.15, 0.2) is 0 Å². The molecule has 0 aliphatic carbocycles. The Labute approximate surface area is 114 Å². The zero-order chi connectivity index (χ0) is 13.8. The number of primary amides is 1. The smallest absolute Gasteiger partial charge is 0.259 e. The van der Waals surface area contributed by atoms with Crippen molar-refractivity contribution in [1.82, 2.24) is 0 Å². The van der Waals surface area contributed by atoms with Crippen LogP contribution in [0.5, 0.6) is 0 Å². The minimum Gasteiger partial charge on any atom is -0.457 e. The molecule has 0 spiro atoms. The second-order valence-corrected chi connectivity index (χ2v) is 4.12. The molecule has 0 atom stereocenters. The first-order chi connectivity index (χ1) is 9.11. The van der Waals surface area contributed by atoms with Gasteiger partial charge in [0.25, 0.3) is 5.91 Å². The summed E-state index contributed by atoms with van der Waals surface area (Å²) in [6, 6.07) is 12.3. The molecule has 94 valence electrons. The predicted molar refractivity (Wildman–Crippen MR) is 71.9 cm³/mol. The molecule has 5 heteroatoms. The Balaban J connectivity index is 2.38. The molecule has 2 N–H and O–H groups in total. The first-order valence-corrected chi connectivity index (χ1v) is 5.76. The molecule has 0 fully saturated rings. The van der Waals surface area contributed by atoms with E-state index in [-0.39, 0.29) is 5.57 Å². The van der Waals surface area contributed by atoms with Crippen molar-refractivity contribution in [3.05, 3.63) is 52.8 Å². The van der Waals surface area contributed by atoms with Crippen LogP contribution in [-0.2, 0) is 4.79 Å². The lowest BCUT2D eigenvalue weighted by molar-refractivity contribution is -0.114. The minimum absolute atomic E-state index is 0.167. The highest BCUT2D eigenvalue weighted by atomic mass is 35.5. The van der Waals surface area contributed by atoms with Crippen LogP contribution >= 0.6 is 11.6 Å². The van der Waals surface area contributed by atoms with Crippen molar-refractivity contribution in [1.29, 1.82) is 5.26 Å². The van der Waals surface area contributed by atoms with Crippen molar-refractivity contribution < 1.29 is 9.21 Å². The molecular formula is C14H9ClN2O2. The Morgan fingerprint density at radius 1 is 1.32 bits per heavy atom. The maximum absolute atomic E-state index is 10.9. The molecule has 4 nitrogen and oxygen atoms in total. The normalized spacial score (nSPS) is 11.1. The number of hydrogen-bond acceptors (Lipinski definition) is 3. The maximum atomic E-state index is 10.9. The number of nitriles is 1. The van der Waals surface area contributed by atoms with E-state index in [0.29, 0.717) is 16.5 Å². The number of benzene rings is 1. The van der Waals surface area contributed by atoms with Gasteiger partial charge >= 0.3 is 0 Å². The molecule has 2 rings (SSSR count). The number of amides is 1. The summed E-state index contributed by atoms with van der Waals surface area (Å²) in [6.45, 7) is 0. The van der Waals surface area contributed by atoms with Crippen molar-refractivity contribution in [2.24, 2.45) is 5.73 Å². The molecule has 0 radical (unpaired) electrons. The number of nitrogens with zero attached hydrogens (tertiary/aromatic N) is 1. The fourth-order valence-electron chi connectivity index (χ4n) is 1.54. The summed E-state index contributed by atoms with van der Waals surface area (Å²) in [6.07, 6.45) is 1.29. The molecule has 1 amide bonds. The Morgan fingerprint density at radius 3 is 2.68 bits per heavy atom. The van der Waals surface area contributed by atoms with E-state index in [1.165, 1.54) is 6.08 Å². The van der Waals surface area contributed by atoms with Crippen LogP contribution < -0.4 is 5.73 Å². The lowest BCUT2D eigenvalue weighted by Crippen LogP contribution is -2.12. The second-order valence-electron chi connectivity index (χ2n) is 3.72. The van der Waals surface area contributed by atoms with Crippen LogP contribution in [0.25, 0.3) is 17.4 Å².